The number of aromatic nitrogens is 5. The Labute approximate surface area is 162 Å². The highest BCUT2D eigenvalue weighted by Crippen LogP contribution is 2.32. The lowest BCUT2D eigenvalue weighted by atomic mass is 10.0. The van der Waals surface area contributed by atoms with E-state index in [1.54, 1.807) is 13.2 Å². The molecule has 3 heterocycles. The van der Waals surface area contributed by atoms with Gasteiger partial charge in [0.25, 0.3) is 0 Å². The molecule has 0 amide bonds. The molecule has 0 radical (unpaired) electrons. The zero-order valence-corrected chi connectivity index (χ0v) is 15.2. The first-order valence-electron chi connectivity index (χ1n) is 8.59. The van der Waals surface area contributed by atoms with Gasteiger partial charge in [-0.2, -0.15) is 14.9 Å². The molecule has 1 aromatic carbocycles. The summed E-state index contributed by atoms with van der Waals surface area (Å²) in [6.45, 7) is -0.231. The number of pyridine rings is 1. The van der Waals surface area contributed by atoms with Gasteiger partial charge in [-0.15, -0.1) is 0 Å². The van der Waals surface area contributed by atoms with Crippen molar-refractivity contribution in [2.45, 2.75) is 6.42 Å². The number of hydrogen-bond acceptors (Lipinski definition) is 5. The normalized spacial score (nSPS) is 11.3. The topological polar surface area (TPSA) is 106 Å². The molecular weight excluding hydrogens is 384 g/mol. The van der Waals surface area contributed by atoms with Crippen LogP contribution in [0.4, 0.5) is 13.6 Å². The maximum atomic E-state index is 14.6. The van der Waals surface area contributed by atoms with Crippen LogP contribution in [0.25, 0.3) is 33.4 Å². The summed E-state index contributed by atoms with van der Waals surface area (Å²) in [5, 5.41) is 26.9. The van der Waals surface area contributed by atoms with Crippen molar-refractivity contribution in [1.82, 2.24) is 24.5 Å². The van der Waals surface area contributed by atoms with Crippen molar-refractivity contribution in [2.24, 2.45) is 7.05 Å². The number of carbonyl (C=O) groups is 1. The molecule has 0 unspecified atom stereocenters. The summed E-state index contributed by atoms with van der Waals surface area (Å²) in [5.74, 6) is -1.65. The summed E-state index contributed by atoms with van der Waals surface area (Å²) in [5.41, 5.74) is 1.01. The number of carboxylic acid groups (broad SMARTS) is 1. The Kier molecular flexibility index (Phi) is 4.55. The molecule has 0 aliphatic heterocycles. The summed E-state index contributed by atoms with van der Waals surface area (Å²) in [4.78, 5) is 15.6. The van der Waals surface area contributed by atoms with Crippen LogP contribution in [0.3, 0.4) is 0 Å². The Morgan fingerprint density at radius 2 is 1.90 bits per heavy atom. The highest BCUT2D eigenvalue weighted by molar-refractivity contribution is 5.98. The highest BCUT2D eigenvalue weighted by atomic mass is 19.1. The monoisotopic (exact) mass is 399 g/mol. The molecule has 0 saturated heterocycles. The van der Waals surface area contributed by atoms with Crippen molar-refractivity contribution >= 4 is 17.0 Å². The van der Waals surface area contributed by atoms with Crippen molar-refractivity contribution in [3.8, 4) is 22.5 Å². The Balaban J connectivity index is 1.94. The van der Waals surface area contributed by atoms with Crippen molar-refractivity contribution in [1.29, 1.82) is 0 Å². The number of benzene rings is 1. The average Bonchev–Trinajstić information content (AvgIpc) is 3.24. The van der Waals surface area contributed by atoms with Crippen molar-refractivity contribution in [3.63, 3.8) is 0 Å². The molecule has 4 aromatic rings. The van der Waals surface area contributed by atoms with E-state index in [0.717, 1.165) is 16.8 Å². The lowest BCUT2D eigenvalue weighted by Crippen LogP contribution is -2.09. The molecule has 29 heavy (non-hydrogen) atoms. The smallest absolute Gasteiger partial charge is 0.432 e. The van der Waals surface area contributed by atoms with Crippen LogP contribution >= 0.6 is 0 Å². The number of hydrogen-bond donors (Lipinski definition) is 2. The number of halogens is 2. The zero-order valence-electron chi connectivity index (χ0n) is 15.2. The van der Waals surface area contributed by atoms with Crippen LogP contribution in [-0.4, -0.2) is 47.5 Å². The van der Waals surface area contributed by atoms with Gasteiger partial charge in [0.1, 0.15) is 17.3 Å². The average molecular weight is 399 g/mol. The van der Waals surface area contributed by atoms with Crippen LogP contribution in [0, 0.1) is 11.6 Å². The third kappa shape index (κ3) is 3.23. The van der Waals surface area contributed by atoms with Crippen LogP contribution in [0.5, 0.6) is 0 Å². The number of aliphatic hydroxyl groups is 1. The first kappa shape index (κ1) is 18.7. The molecule has 2 N–H and O–H groups in total. The number of rotatable bonds is 4. The molecule has 4 rings (SSSR count). The van der Waals surface area contributed by atoms with Gasteiger partial charge in [-0.1, -0.05) is 0 Å². The van der Waals surface area contributed by atoms with Gasteiger partial charge in [0.2, 0.25) is 0 Å². The van der Waals surface area contributed by atoms with Gasteiger partial charge in [0.15, 0.2) is 0 Å². The molecule has 0 bridgehead atoms. The SMILES string of the molecule is Cn1cc(-c2nn(C(=O)O)c3cnc(-c4c(F)cc(CCO)cc4F)cc23)cn1. The molecule has 0 atom stereocenters. The quantitative estimate of drug-likeness (QED) is 0.547. The second kappa shape index (κ2) is 7.06. The van der Waals surface area contributed by atoms with Crippen molar-refractivity contribution in [3.05, 3.63) is 54.0 Å². The Hall–Kier alpha value is -3.66. The second-order valence-electron chi connectivity index (χ2n) is 6.44. The van der Waals surface area contributed by atoms with Gasteiger partial charge in [-0.25, -0.2) is 13.6 Å². The van der Waals surface area contributed by atoms with Crippen LogP contribution in [-0.2, 0) is 13.5 Å². The third-order valence-corrected chi connectivity index (χ3v) is 4.48. The maximum Gasteiger partial charge on any atom is 0.432 e. The molecular formula is C19H15F2N5O3. The largest absolute Gasteiger partial charge is 0.463 e. The number of fused-ring (bicyclic) bond motifs is 1. The number of aryl methyl sites for hydroxylation is 1. The van der Waals surface area contributed by atoms with E-state index in [4.69, 9.17) is 5.11 Å². The fourth-order valence-corrected chi connectivity index (χ4v) is 3.20. The summed E-state index contributed by atoms with van der Waals surface area (Å²) in [6.07, 6.45) is 3.19. The number of aliphatic hydroxyl groups excluding tert-OH is 1. The van der Waals surface area contributed by atoms with Gasteiger partial charge in [0, 0.05) is 30.8 Å². The van der Waals surface area contributed by atoms with Crippen molar-refractivity contribution in [2.75, 3.05) is 6.61 Å². The molecule has 0 aliphatic rings. The fourth-order valence-electron chi connectivity index (χ4n) is 3.20. The second-order valence-corrected chi connectivity index (χ2v) is 6.44. The summed E-state index contributed by atoms with van der Waals surface area (Å²) >= 11 is 0. The summed E-state index contributed by atoms with van der Waals surface area (Å²) in [7, 11) is 1.70. The van der Waals surface area contributed by atoms with E-state index in [-0.39, 0.29) is 29.8 Å². The Morgan fingerprint density at radius 3 is 2.48 bits per heavy atom. The van der Waals surface area contributed by atoms with E-state index >= 15 is 0 Å². The van der Waals surface area contributed by atoms with E-state index in [1.165, 1.54) is 23.1 Å². The third-order valence-electron chi connectivity index (χ3n) is 4.48. The van der Waals surface area contributed by atoms with Crippen molar-refractivity contribution < 1.29 is 23.8 Å². The minimum atomic E-state index is -1.31. The van der Waals surface area contributed by atoms with Crippen LogP contribution < -0.4 is 0 Å². The van der Waals surface area contributed by atoms with Gasteiger partial charge in [-0.3, -0.25) is 9.67 Å². The summed E-state index contributed by atoms with van der Waals surface area (Å²) in [6, 6.07) is 3.68. The standard InChI is InChI=1S/C19H15F2N5O3/c1-25-9-11(7-23-25)18-12-6-15(22-8-16(12)26(24-18)19(28)29)17-13(20)4-10(2-3-27)5-14(17)21/h4-9,27H,2-3H2,1H3,(H,28,29). The predicted molar refractivity (Wildman–Crippen MR) is 99.3 cm³/mol. The molecule has 0 fully saturated rings. The highest BCUT2D eigenvalue weighted by Gasteiger charge is 2.21. The van der Waals surface area contributed by atoms with E-state index in [2.05, 4.69) is 15.2 Å². The molecule has 3 aromatic heterocycles. The van der Waals surface area contributed by atoms with Gasteiger partial charge in [-0.05, 0) is 30.2 Å². The summed E-state index contributed by atoms with van der Waals surface area (Å²) < 4.78 is 31.5. The minimum Gasteiger partial charge on any atom is -0.463 e. The molecule has 0 aliphatic carbocycles. The van der Waals surface area contributed by atoms with E-state index in [0.29, 0.717) is 22.2 Å². The Morgan fingerprint density at radius 1 is 1.17 bits per heavy atom. The molecule has 8 nitrogen and oxygen atoms in total. The first-order chi connectivity index (χ1) is 13.9. The fraction of sp³-hybridized carbons (Fsp3) is 0.158. The molecule has 148 valence electrons. The zero-order chi connectivity index (χ0) is 20.7. The van der Waals surface area contributed by atoms with Gasteiger partial charge in [0.05, 0.1) is 29.2 Å². The van der Waals surface area contributed by atoms with Crippen LogP contribution in [0.15, 0.2) is 36.8 Å². The Bertz CT molecular complexity index is 1230. The molecule has 0 saturated carbocycles. The minimum absolute atomic E-state index is 0.00173. The predicted octanol–water partition coefficient (Wildman–Crippen LogP) is 2.84. The van der Waals surface area contributed by atoms with Gasteiger partial charge < -0.3 is 10.2 Å². The van der Waals surface area contributed by atoms with Crippen LogP contribution in [0.1, 0.15) is 5.56 Å². The van der Waals surface area contributed by atoms with E-state index < -0.39 is 17.7 Å². The van der Waals surface area contributed by atoms with E-state index in [1.807, 2.05) is 0 Å². The molecule has 10 heteroatoms. The molecule has 0 spiro atoms. The van der Waals surface area contributed by atoms with Crippen LogP contribution in [0.2, 0.25) is 0 Å². The maximum absolute atomic E-state index is 14.6. The van der Waals surface area contributed by atoms with Gasteiger partial charge >= 0.3 is 6.09 Å². The first-order valence-corrected chi connectivity index (χ1v) is 8.59. The lowest BCUT2D eigenvalue weighted by molar-refractivity contribution is 0.194. The number of nitrogens with zero attached hydrogens (tertiary/aromatic N) is 5. The lowest BCUT2D eigenvalue weighted by Gasteiger charge is -2.08. The van der Waals surface area contributed by atoms with E-state index in [9.17, 15) is 18.7 Å².